The zero-order valence-electron chi connectivity index (χ0n) is 28.1. The van der Waals surface area contributed by atoms with Crippen molar-refractivity contribution in [1.29, 1.82) is 0 Å². The summed E-state index contributed by atoms with van der Waals surface area (Å²) < 4.78 is 47.5. The molecule has 4 aromatic rings. The van der Waals surface area contributed by atoms with Crippen LogP contribution in [0.1, 0.15) is 42.3 Å². The van der Waals surface area contributed by atoms with E-state index in [9.17, 15) is 8.42 Å². The van der Waals surface area contributed by atoms with Gasteiger partial charge in [0.25, 0.3) is 15.9 Å². The van der Waals surface area contributed by atoms with Crippen LogP contribution >= 0.6 is 11.6 Å². The number of nitrogens with zero attached hydrogens (tertiary/aromatic N) is 5. The number of amides is 1. The molecule has 0 radical (unpaired) electrons. The Kier molecular flexibility index (Phi) is 8.73. The van der Waals surface area contributed by atoms with Crippen molar-refractivity contribution in [3.05, 3.63) is 101 Å². The Morgan fingerprint density at radius 3 is 2.37 bits per heavy atom. The smallest absolute Gasteiger partial charge is 0.271 e. The number of piperazine rings is 1. The molecular formula is C36H40ClN5O6S. The molecule has 258 valence electrons. The number of halogens is 1. The molecule has 11 nitrogen and oxygen atoms in total. The van der Waals surface area contributed by atoms with Crippen molar-refractivity contribution in [2.24, 2.45) is 0 Å². The Bertz CT molecular complexity index is 1970. The first-order valence-corrected chi connectivity index (χ1v) is 18.2. The van der Waals surface area contributed by atoms with E-state index in [0.717, 1.165) is 36.0 Å². The van der Waals surface area contributed by atoms with Crippen molar-refractivity contribution < 1.29 is 27.1 Å². The van der Waals surface area contributed by atoms with Gasteiger partial charge in [0.1, 0.15) is 17.8 Å². The molecule has 4 heterocycles. The van der Waals surface area contributed by atoms with E-state index >= 15 is 4.79 Å². The van der Waals surface area contributed by atoms with Crippen molar-refractivity contribution in [3.63, 3.8) is 0 Å². The van der Waals surface area contributed by atoms with E-state index in [1.807, 2.05) is 30.0 Å². The van der Waals surface area contributed by atoms with Gasteiger partial charge in [0, 0.05) is 55.4 Å². The van der Waals surface area contributed by atoms with Gasteiger partial charge in [0.15, 0.2) is 5.54 Å². The zero-order valence-corrected chi connectivity index (χ0v) is 29.6. The third-order valence-corrected chi connectivity index (χ3v) is 12.2. The molecule has 0 aliphatic carbocycles. The van der Waals surface area contributed by atoms with Gasteiger partial charge >= 0.3 is 0 Å². The molecule has 1 aromatic heterocycles. The van der Waals surface area contributed by atoms with Crippen LogP contribution in [-0.2, 0) is 32.4 Å². The van der Waals surface area contributed by atoms with E-state index < -0.39 is 27.0 Å². The van der Waals surface area contributed by atoms with E-state index in [-0.39, 0.29) is 10.6 Å². The minimum atomic E-state index is -4.43. The highest BCUT2D eigenvalue weighted by molar-refractivity contribution is 7.93. The summed E-state index contributed by atoms with van der Waals surface area (Å²) in [6.07, 6.45) is 4.43. The lowest BCUT2D eigenvalue weighted by atomic mass is 9.78. The molecule has 2 fully saturated rings. The molecular weight excluding hydrogens is 666 g/mol. The van der Waals surface area contributed by atoms with Crippen LogP contribution in [0.5, 0.6) is 11.5 Å². The van der Waals surface area contributed by atoms with Gasteiger partial charge in [-0.05, 0) is 87.0 Å². The van der Waals surface area contributed by atoms with Crippen molar-refractivity contribution in [2.45, 2.75) is 42.3 Å². The van der Waals surface area contributed by atoms with Gasteiger partial charge in [-0.15, -0.1) is 0 Å². The number of carbonyl (C=O) groups is 1. The molecule has 2 saturated heterocycles. The van der Waals surface area contributed by atoms with E-state index in [4.69, 9.17) is 25.5 Å². The summed E-state index contributed by atoms with van der Waals surface area (Å²) in [6.45, 7) is 6.81. The quantitative estimate of drug-likeness (QED) is 0.234. The van der Waals surface area contributed by atoms with Crippen LogP contribution in [0, 0.1) is 0 Å². The second-order valence-electron chi connectivity index (χ2n) is 13.1. The normalized spacial score (nSPS) is 23.6. The molecule has 3 aliphatic heterocycles. The molecule has 1 amide bonds. The number of aromatic nitrogens is 1. The highest BCUT2D eigenvalue weighted by Gasteiger charge is 2.65. The number of sulfonamides is 1. The number of anilines is 1. The van der Waals surface area contributed by atoms with Crippen LogP contribution in [0.15, 0.2) is 82.4 Å². The first-order chi connectivity index (χ1) is 23.5. The van der Waals surface area contributed by atoms with E-state index in [0.29, 0.717) is 59.5 Å². The lowest BCUT2D eigenvalue weighted by Gasteiger charge is -2.46. The number of rotatable bonds is 9. The predicted molar refractivity (Wildman–Crippen MR) is 185 cm³/mol. The second kappa shape index (κ2) is 12.7. The van der Waals surface area contributed by atoms with Crippen molar-refractivity contribution in [1.82, 2.24) is 19.7 Å². The van der Waals surface area contributed by atoms with E-state index in [1.165, 1.54) is 25.5 Å². The largest absolute Gasteiger partial charge is 0.497 e. The maximum absolute atomic E-state index is 15.7. The number of fused-ring (bicyclic) bond motifs is 1. The standard InChI is InChI=1S/C36H40ClN5O6S/c1-35(33-38-15-21-48-33)14-5-16-41(35)36(30-22-25(6-13-32(30)47-4)24-40-19-17-39(2)18-20-40)29-23-26(37)7-12-31(29)42(34(36)43)49(44,45)28-10-8-27(46-3)9-11-28/h6-13,15,21-23H,5,14,16-20,24H2,1-4H3/t35-,36?/m0/s1. The maximum Gasteiger partial charge on any atom is 0.271 e. The summed E-state index contributed by atoms with van der Waals surface area (Å²) in [5, 5.41) is 0.365. The van der Waals surface area contributed by atoms with Gasteiger partial charge in [0.2, 0.25) is 5.89 Å². The summed E-state index contributed by atoms with van der Waals surface area (Å²) in [6, 6.07) is 16.8. The number of likely N-dealkylation sites (tertiary alicyclic amines) is 1. The molecule has 1 unspecified atom stereocenters. The number of benzene rings is 3. The number of oxazole rings is 1. The molecule has 0 N–H and O–H groups in total. The number of likely N-dealkylation sites (N-methyl/N-ethyl adjacent to an activating group) is 1. The Labute approximate surface area is 292 Å². The summed E-state index contributed by atoms with van der Waals surface area (Å²) in [5.41, 5.74) is -0.415. The third-order valence-electron chi connectivity index (χ3n) is 10.3. The first-order valence-electron chi connectivity index (χ1n) is 16.3. The Hall–Kier alpha value is -3.94. The van der Waals surface area contributed by atoms with Crippen LogP contribution in [0.3, 0.4) is 0 Å². The number of methoxy groups -OCH3 is 2. The fraction of sp³-hybridized carbons (Fsp3) is 0.389. The van der Waals surface area contributed by atoms with E-state index in [1.54, 1.807) is 43.6 Å². The topological polar surface area (TPSA) is 109 Å². The molecule has 49 heavy (non-hydrogen) atoms. The SMILES string of the molecule is COc1ccc(S(=O)(=O)N2C(=O)C(c3cc(CN4CCN(C)CC4)ccc3OC)(N3CCC[C@@]3(C)c3ncco3)c3cc(Cl)ccc32)cc1. The third kappa shape index (κ3) is 5.41. The van der Waals surface area contributed by atoms with Crippen LogP contribution in [0.4, 0.5) is 5.69 Å². The number of ether oxygens (including phenoxy) is 2. The minimum absolute atomic E-state index is 0.0500. The van der Waals surface area contributed by atoms with Crippen LogP contribution in [-0.4, -0.2) is 88.0 Å². The van der Waals surface area contributed by atoms with Crippen molar-refractivity contribution >= 4 is 33.2 Å². The highest BCUT2D eigenvalue weighted by atomic mass is 35.5. The maximum atomic E-state index is 15.7. The summed E-state index contributed by atoms with van der Waals surface area (Å²) in [7, 11) is 0.759. The molecule has 0 spiro atoms. The van der Waals surface area contributed by atoms with Crippen LogP contribution in [0.2, 0.25) is 5.02 Å². The Morgan fingerprint density at radius 2 is 1.69 bits per heavy atom. The molecule has 0 bridgehead atoms. The Balaban J connectivity index is 1.49. The number of carbonyl (C=O) groups excluding carboxylic acids is 1. The van der Waals surface area contributed by atoms with Crippen molar-refractivity contribution in [3.8, 4) is 11.5 Å². The minimum Gasteiger partial charge on any atom is -0.497 e. The van der Waals surface area contributed by atoms with Crippen LogP contribution < -0.4 is 13.8 Å². The van der Waals surface area contributed by atoms with Gasteiger partial charge < -0.3 is 18.8 Å². The molecule has 3 aromatic carbocycles. The zero-order chi connectivity index (χ0) is 34.6. The molecule has 7 rings (SSSR count). The fourth-order valence-electron chi connectivity index (χ4n) is 7.72. The van der Waals surface area contributed by atoms with Gasteiger partial charge in [-0.1, -0.05) is 17.7 Å². The van der Waals surface area contributed by atoms with Crippen LogP contribution in [0.25, 0.3) is 0 Å². The second-order valence-corrected chi connectivity index (χ2v) is 15.3. The van der Waals surface area contributed by atoms with Crippen molar-refractivity contribution in [2.75, 3.05) is 58.3 Å². The molecule has 2 atom stereocenters. The van der Waals surface area contributed by atoms with E-state index in [2.05, 4.69) is 21.8 Å². The fourth-order valence-corrected chi connectivity index (χ4v) is 9.35. The van der Waals surface area contributed by atoms with Gasteiger partial charge in [0.05, 0.1) is 36.5 Å². The monoisotopic (exact) mass is 705 g/mol. The van der Waals surface area contributed by atoms with Gasteiger partial charge in [-0.2, -0.15) is 0 Å². The molecule has 0 saturated carbocycles. The van der Waals surface area contributed by atoms with Gasteiger partial charge in [-0.3, -0.25) is 14.6 Å². The summed E-state index contributed by atoms with van der Waals surface area (Å²) in [5.74, 6) is 0.723. The number of hydrogen-bond donors (Lipinski definition) is 0. The van der Waals surface area contributed by atoms with Gasteiger partial charge in [-0.25, -0.2) is 17.7 Å². The molecule has 3 aliphatic rings. The summed E-state index contributed by atoms with van der Waals surface area (Å²) in [4.78, 5) is 26.9. The average Bonchev–Trinajstić information content (AvgIpc) is 3.84. The summed E-state index contributed by atoms with van der Waals surface area (Å²) >= 11 is 6.74. The first kappa shape index (κ1) is 33.6. The number of hydrogen-bond acceptors (Lipinski definition) is 10. The Morgan fingerprint density at radius 1 is 0.939 bits per heavy atom. The predicted octanol–water partition coefficient (Wildman–Crippen LogP) is 5.08. The lowest BCUT2D eigenvalue weighted by molar-refractivity contribution is -0.130. The lowest BCUT2D eigenvalue weighted by Crippen LogP contribution is -2.59. The highest BCUT2D eigenvalue weighted by Crippen LogP contribution is 2.58. The average molecular weight is 706 g/mol. The molecule has 13 heteroatoms.